The monoisotopic (exact) mass is 278 g/mol. The summed E-state index contributed by atoms with van der Waals surface area (Å²) in [4.78, 5) is 2.45. The lowest BCUT2D eigenvalue weighted by molar-refractivity contribution is 0.0583. The van der Waals surface area contributed by atoms with Gasteiger partial charge in [0.2, 0.25) is 0 Å². The van der Waals surface area contributed by atoms with Crippen molar-refractivity contribution in [1.82, 2.24) is 4.90 Å². The van der Waals surface area contributed by atoms with Gasteiger partial charge in [0.05, 0.1) is 13.2 Å². The minimum atomic E-state index is 0.0775. The smallest absolute Gasteiger partial charge is 0.118 e. The third-order valence-electron chi connectivity index (χ3n) is 3.83. The second-order valence-electron chi connectivity index (χ2n) is 5.61. The van der Waals surface area contributed by atoms with Crippen LogP contribution in [-0.2, 0) is 4.74 Å². The van der Waals surface area contributed by atoms with Gasteiger partial charge in [-0.15, -0.1) is 0 Å². The SMILES string of the molecule is COc1ccc(C(C(C)N)N2CCCOC(C)C2)cc1. The van der Waals surface area contributed by atoms with E-state index in [0.717, 1.165) is 31.9 Å². The summed E-state index contributed by atoms with van der Waals surface area (Å²) in [6.07, 6.45) is 1.32. The Bertz CT molecular complexity index is 405. The van der Waals surface area contributed by atoms with Crippen LogP contribution in [-0.4, -0.2) is 43.9 Å². The Morgan fingerprint density at radius 3 is 2.65 bits per heavy atom. The van der Waals surface area contributed by atoms with Crippen LogP contribution in [0, 0.1) is 0 Å². The van der Waals surface area contributed by atoms with Crippen molar-refractivity contribution in [3.63, 3.8) is 0 Å². The summed E-state index contributed by atoms with van der Waals surface area (Å²) < 4.78 is 11.0. The number of ether oxygens (including phenoxy) is 2. The number of methoxy groups -OCH3 is 1. The highest BCUT2D eigenvalue weighted by Gasteiger charge is 2.27. The molecule has 0 bridgehead atoms. The Hall–Kier alpha value is -1.10. The molecule has 0 radical (unpaired) electrons. The van der Waals surface area contributed by atoms with E-state index < -0.39 is 0 Å². The van der Waals surface area contributed by atoms with Crippen LogP contribution >= 0.6 is 0 Å². The van der Waals surface area contributed by atoms with E-state index in [2.05, 4.69) is 30.9 Å². The number of hydrogen-bond donors (Lipinski definition) is 1. The van der Waals surface area contributed by atoms with Crippen molar-refractivity contribution in [2.45, 2.75) is 38.5 Å². The molecule has 2 rings (SSSR count). The van der Waals surface area contributed by atoms with E-state index in [-0.39, 0.29) is 18.2 Å². The third kappa shape index (κ3) is 3.72. The second kappa shape index (κ2) is 7.07. The first-order chi connectivity index (χ1) is 9.61. The summed E-state index contributed by atoms with van der Waals surface area (Å²) >= 11 is 0. The first-order valence-corrected chi connectivity index (χ1v) is 7.37. The van der Waals surface area contributed by atoms with Gasteiger partial charge in [-0.1, -0.05) is 12.1 Å². The molecule has 20 heavy (non-hydrogen) atoms. The standard InChI is InChI=1S/C16H26N2O2/c1-12-11-18(9-4-10-20-12)16(13(2)17)14-5-7-15(19-3)8-6-14/h5-8,12-13,16H,4,9-11,17H2,1-3H3. The van der Waals surface area contributed by atoms with Crippen molar-refractivity contribution in [3.05, 3.63) is 29.8 Å². The molecule has 3 unspecified atom stereocenters. The largest absolute Gasteiger partial charge is 0.497 e. The summed E-state index contributed by atoms with van der Waals surface area (Å²) in [5.74, 6) is 0.879. The molecular weight excluding hydrogens is 252 g/mol. The van der Waals surface area contributed by atoms with Crippen molar-refractivity contribution in [2.75, 3.05) is 26.8 Å². The predicted molar refractivity (Wildman–Crippen MR) is 81.0 cm³/mol. The molecule has 1 saturated heterocycles. The van der Waals surface area contributed by atoms with Gasteiger partial charge >= 0.3 is 0 Å². The van der Waals surface area contributed by atoms with Crippen LogP contribution in [0.25, 0.3) is 0 Å². The quantitative estimate of drug-likeness (QED) is 0.917. The van der Waals surface area contributed by atoms with Crippen LogP contribution in [0.3, 0.4) is 0 Å². The minimum Gasteiger partial charge on any atom is -0.497 e. The van der Waals surface area contributed by atoms with Crippen molar-refractivity contribution in [2.24, 2.45) is 5.73 Å². The lowest BCUT2D eigenvalue weighted by Gasteiger charge is -2.34. The van der Waals surface area contributed by atoms with E-state index in [1.165, 1.54) is 5.56 Å². The molecule has 0 aliphatic carbocycles. The number of rotatable bonds is 4. The fourth-order valence-electron chi connectivity index (χ4n) is 2.93. The van der Waals surface area contributed by atoms with Gasteiger partial charge in [0.1, 0.15) is 5.75 Å². The Labute approximate surface area is 121 Å². The minimum absolute atomic E-state index is 0.0775. The molecule has 1 aliphatic heterocycles. The van der Waals surface area contributed by atoms with Gasteiger partial charge in [0.15, 0.2) is 0 Å². The van der Waals surface area contributed by atoms with E-state index in [1.54, 1.807) is 7.11 Å². The third-order valence-corrected chi connectivity index (χ3v) is 3.83. The molecule has 0 aromatic heterocycles. The van der Waals surface area contributed by atoms with Gasteiger partial charge in [-0.3, -0.25) is 4.90 Å². The highest BCUT2D eigenvalue weighted by molar-refractivity contribution is 5.30. The fraction of sp³-hybridized carbons (Fsp3) is 0.625. The van der Waals surface area contributed by atoms with Gasteiger partial charge < -0.3 is 15.2 Å². The molecule has 0 saturated carbocycles. The number of nitrogens with two attached hydrogens (primary N) is 1. The van der Waals surface area contributed by atoms with Gasteiger partial charge in [-0.2, -0.15) is 0 Å². The maximum atomic E-state index is 6.25. The zero-order valence-corrected chi connectivity index (χ0v) is 12.7. The van der Waals surface area contributed by atoms with Crippen molar-refractivity contribution in [1.29, 1.82) is 0 Å². The highest BCUT2D eigenvalue weighted by atomic mass is 16.5. The summed E-state index contributed by atoms with van der Waals surface area (Å²) in [5.41, 5.74) is 7.50. The Balaban J connectivity index is 2.20. The molecule has 0 spiro atoms. The van der Waals surface area contributed by atoms with E-state index >= 15 is 0 Å². The zero-order chi connectivity index (χ0) is 14.5. The van der Waals surface area contributed by atoms with Crippen LogP contribution < -0.4 is 10.5 Å². The van der Waals surface area contributed by atoms with Crippen LogP contribution in [0.15, 0.2) is 24.3 Å². The molecule has 2 N–H and O–H groups in total. The molecule has 1 heterocycles. The van der Waals surface area contributed by atoms with Crippen LogP contribution in [0.5, 0.6) is 5.75 Å². The van der Waals surface area contributed by atoms with Crippen LogP contribution in [0.1, 0.15) is 31.9 Å². The van der Waals surface area contributed by atoms with E-state index in [9.17, 15) is 0 Å². The topological polar surface area (TPSA) is 47.7 Å². The van der Waals surface area contributed by atoms with Crippen LogP contribution in [0.4, 0.5) is 0 Å². The number of benzene rings is 1. The molecule has 1 fully saturated rings. The molecule has 3 atom stereocenters. The van der Waals surface area contributed by atoms with E-state index in [0.29, 0.717) is 0 Å². The van der Waals surface area contributed by atoms with Crippen molar-refractivity contribution >= 4 is 0 Å². The maximum absolute atomic E-state index is 6.25. The molecule has 0 amide bonds. The second-order valence-corrected chi connectivity index (χ2v) is 5.61. The zero-order valence-electron chi connectivity index (χ0n) is 12.7. The van der Waals surface area contributed by atoms with Gasteiger partial charge in [0.25, 0.3) is 0 Å². The Kier molecular flexibility index (Phi) is 5.40. The molecule has 1 aliphatic rings. The van der Waals surface area contributed by atoms with Crippen molar-refractivity contribution in [3.8, 4) is 5.75 Å². The number of hydrogen-bond acceptors (Lipinski definition) is 4. The van der Waals surface area contributed by atoms with E-state index in [4.69, 9.17) is 15.2 Å². The van der Waals surface area contributed by atoms with E-state index in [1.807, 2.05) is 12.1 Å². The first kappa shape index (κ1) is 15.3. The van der Waals surface area contributed by atoms with Gasteiger partial charge in [-0.25, -0.2) is 0 Å². The fourth-order valence-corrected chi connectivity index (χ4v) is 2.93. The highest BCUT2D eigenvalue weighted by Crippen LogP contribution is 2.27. The normalized spacial score (nSPS) is 23.9. The molecule has 1 aromatic carbocycles. The summed E-state index contributed by atoms with van der Waals surface area (Å²) in [6.45, 7) is 7.00. The summed E-state index contributed by atoms with van der Waals surface area (Å²) in [6, 6.07) is 8.54. The molecular formula is C16H26N2O2. The summed E-state index contributed by atoms with van der Waals surface area (Å²) in [7, 11) is 1.69. The summed E-state index contributed by atoms with van der Waals surface area (Å²) in [5, 5.41) is 0. The Morgan fingerprint density at radius 1 is 1.35 bits per heavy atom. The average Bonchev–Trinajstić information content (AvgIpc) is 2.64. The maximum Gasteiger partial charge on any atom is 0.118 e. The van der Waals surface area contributed by atoms with Crippen LogP contribution in [0.2, 0.25) is 0 Å². The first-order valence-electron chi connectivity index (χ1n) is 7.37. The lowest BCUT2D eigenvalue weighted by Crippen LogP contribution is -2.42. The van der Waals surface area contributed by atoms with Crippen molar-refractivity contribution < 1.29 is 9.47 Å². The predicted octanol–water partition coefficient (Wildman–Crippen LogP) is 2.19. The van der Waals surface area contributed by atoms with Gasteiger partial charge in [0, 0.05) is 31.8 Å². The lowest BCUT2D eigenvalue weighted by atomic mass is 9.98. The molecule has 4 nitrogen and oxygen atoms in total. The van der Waals surface area contributed by atoms with Gasteiger partial charge in [-0.05, 0) is 38.0 Å². The molecule has 112 valence electrons. The Morgan fingerprint density at radius 2 is 2.05 bits per heavy atom. The average molecular weight is 278 g/mol. The molecule has 1 aromatic rings. The molecule has 4 heteroatoms. The number of nitrogens with zero attached hydrogens (tertiary/aromatic N) is 1.